The van der Waals surface area contributed by atoms with E-state index in [0.717, 1.165) is 6.07 Å². The quantitative estimate of drug-likeness (QED) is 0.296. The number of fused-ring (bicyclic) bond motifs is 1. The summed E-state index contributed by atoms with van der Waals surface area (Å²) in [6.45, 7) is 0.0520. The molecule has 0 radical (unpaired) electrons. The van der Waals surface area contributed by atoms with Crippen LogP contribution in [0.2, 0.25) is 0 Å². The third kappa shape index (κ3) is 5.28. The normalized spacial score (nSPS) is 11.6. The molecule has 0 unspecified atom stereocenters. The van der Waals surface area contributed by atoms with Gasteiger partial charge in [-0.1, -0.05) is 24.3 Å². The highest BCUT2D eigenvalue weighted by Gasteiger charge is 2.27. The van der Waals surface area contributed by atoms with Crippen molar-refractivity contribution in [2.75, 3.05) is 11.1 Å². The minimum absolute atomic E-state index is 0.00608. The first kappa shape index (κ1) is 25.2. The van der Waals surface area contributed by atoms with Gasteiger partial charge in [-0.15, -0.1) is 0 Å². The Bertz CT molecular complexity index is 1770. The molecular formula is C27H19F3N4O3S. The number of anilines is 1. The van der Waals surface area contributed by atoms with Gasteiger partial charge in [-0.3, -0.25) is 4.79 Å². The van der Waals surface area contributed by atoms with Crippen LogP contribution in [0.3, 0.4) is 0 Å². The summed E-state index contributed by atoms with van der Waals surface area (Å²) in [4.78, 5) is 19.5. The van der Waals surface area contributed by atoms with Crippen LogP contribution in [-0.4, -0.2) is 34.6 Å². The number of rotatable bonds is 7. The van der Waals surface area contributed by atoms with Crippen molar-refractivity contribution in [2.45, 2.75) is 11.4 Å². The Morgan fingerprint density at radius 2 is 1.71 bits per heavy atom. The topological polar surface area (TPSA) is 94.0 Å². The zero-order valence-electron chi connectivity index (χ0n) is 19.6. The van der Waals surface area contributed by atoms with Gasteiger partial charge in [0, 0.05) is 37.3 Å². The fourth-order valence-electron chi connectivity index (χ4n) is 4.17. The largest absolute Gasteiger partial charge is 0.342 e. The van der Waals surface area contributed by atoms with Crippen molar-refractivity contribution in [3.05, 3.63) is 108 Å². The highest BCUT2D eigenvalue weighted by atomic mass is 32.2. The molecule has 0 atom stereocenters. The lowest BCUT2D eigenvalue weighted by Gasteiger charge is -2.08. The number of nitrogens with one attached hydrogen (secondary N) is 1. The molecule has 11 heteroatoms. The number of halogens is 3. The Kier molecular flexibility index (Phi) is 6.68. The van der Waals surface area contributed by atoms with Crippen molar-refractivity contribution in [2.24, 2.45) is 0 Å². The first-order valence-electron chi connectivity index (χ1n) is 11.3. The first-order valence-corrected chi connectivity index (χ1v) is 13.0. The maximum atomic E-state index is 14.9. The van der Waals surface area contributed by atoms with Crippen molar-refractivity contribution in [3.63, 3.8) is 0 Å². The molecule has 0 bridgehead atoms. The molecular weight excluding hydrogens is 517 g/mol. The first-order chi connectivity index (χ1) is 18.2. The van der Waals surface area contributed by atoms with E-state index in [2.05, 4.69) is 15.3 Å². The number of carbonyl (C=O) groups excluding carboxylic acids is 1. The summed E-state index contributed by atoms with van der Waals surface area (Å²) < 4.78 is 70.6. The van der Waals surface area contributed by atoms with E-state index in [1.807, 2.05) is 0 Å². The molecule has 1 amide bonds. The Hall–Kier alpha value is -4.51. The zero-order valence-corrected chi connectivity index (χ0v) is 20.4. The van der Waals surface area contributed by atoms with E-state index in [0.29, 0.717) is 22.8 Å². The molecule has 0 spiro atoms. The fraction of sp³-hybridized carbons (Fsp3) is 0.0741. The van der Waals surface area contributed by atoms with Gasteiger partial charge in [0.1, 0.15) is 23.2 Å². The summed E-state index contributed by atoms with van der Waals surface area (Å²) in [6, 6.07) is 16.3. The summed E-state index contributed by atoms with van der Waals surface area (Å²) in [5.41, 5.74) is 1.93. The molecule has 0 aliphatic rings. The third-order valence-electron chi connectivity index (χ3n) is 5.79. The molecule has 7 nitrogen and oxygen atoms in total. The standard InChI is InChI=1S/C27H19F3N4O3S/c28-20-12-21(29)27-22(13-20)34(14-17-4-3-5-18(10-17)19-7-9-31-24(30)11-19)15-23(27)38(36,37)16-26(35)33-25-6-1-2-8-32-25/h1-13,15H,14,16H2,(H,32,33,35). The van der Waals surface area contributed by atoms with E-state index in [1.54, 1.807) is 42.5 Å². The Balaban J connectivity index is 1.51. The molecule has 192 valence electrons. The summed E-state index contributed by atoms with van der Waals surface area (Å²) in [6.07, 6.45) is 3.96. The van der Waals surface area contributed by atoms with Crippen LogP contribution in [0.1, 0.15) is 5.56 Å². The lowest BCUT2D eigenvalue weighted by atomic mass is 10.0. The molecule has 2 aromatic carbocycles. The number of hydrogen-bond donors (Lipinski definition) is 1. The van der Waals surface area contributed by atoms with Crippen LogP contribution in [0.25, 0.3) is 22.0 Å². The van der Waals surface area contributed by atoms with Crippen molar-refractivity contribution >= 4 is 32.5 Å². The van der Waals surface area contributed by atoms with E-state index in [9.17, 15) is 26.4 Å². The average molecular weight is 537 g/mol. The van der Waals surface area contributed by atoms with E-state index < -0.39 is 44.0 Å². The van der Waals surface area contributed by atoms with Crippen LogP contribution in [-0.2, 0) is 21.2 Å². The molecule has 0 aliphatic carbocycles. The minimum Gasteiger partial charge on any atom is -0.342 e. The van der Waals surface area contributed by atoms with Crippen LogP contribution >= 0.6 is 0 Å². The highest BCUT2D eigenvalue weighted by Crippen LogP contribution is 2.31. The molecule has 0 fully saturated rings. The monoisotopic (exact) mass is 536 g/mol. The second-order valence-electron chi connectivity index (χ2n) is 8.49. The molecule has 38 heavy (non-hydrogen) atoms. The summed E-state index contributed by atoms with van der Waals surface area (Å²) >= 11 is 0. The van der Waals surface area contributed by atoms with E-state index in [-0.39, 0.29) is 23.3 Å². The van der Waals surface area contributed by atoms with Gasteiger partial charge in [0.05, 0.1) is 15.8 Å². The molecule has 5 aromatic rings. The zero-order chi connectivity index (χ0) is 26.9. The number of hydrogen-bond acceptors (Lipinski definition) is 5. The predicted octanol–water partition coefficient (Wildman–Crippen LogP) is 4.98. The fourth-order valence-corrected chi connectivity index (χ4v) is 5.54. The van der Waals surface area contributed by atoms with Gasteiger partial charge < -0.3 is 9.88 Å². The van der Waals surface area contributed by atoms with Crippen molar-refractivity contribution in [1.29, 1.82) is 0 Å². The second-order valence-corrected chi connectivity index (χ2v) is 10.5. The van der Waals surface area contributed by atoms with Crippen molar-refractivity contribution in [3.8, 4) is 11.1 Å². The van der Waals surface area contributed by atoms with E-state index in [1.165, 1.54) is 35.3 Å². The molecule has 3 aromatic heterocycles. The minimum atomic E-state index is -4.34. The summed E-state index contributed by atoms with van der Waals surface area (Å²) in [7, 11) is -4.34. The summed E-state index contributed by atoms with van der Waals surface area (Å²) in [5.74, 6) is -4.25. The average Bonchev–Trinajstić information content (AvgIpc) is 3.24. The van der Waals surface area contributed by atoms with Gasteiger partial charge in [-0.2, -0.15) is 4.39 Å². The van der Waals surface area contributed by atoms with Crippen LogP contribution in [0.5, 0.6) is 0 Å². The number of sulfone groups is 1. The maximum Gasteiger partial charge on any atom is 0.241 e. The SMILES string of the molecule is O=C(CS(=O)(=O)c1cn(Cc2cccc(-c3ccnc(F)c3)c2)c2cc(F)cc(F)c12)Nc1ccccn1. The highest BCUT2D eigenvalue weighted by molar-refractivity contribution is 7.92. The van der Waals surface area contributed by atoms with E-state index >= 15 is 0 Å². The van der Waals surface area contributed by atoms with Gasteiger partial charge in [0.25, 0.3) is 0 Å². The van der Waals surface area contributed by atoms with Gasteiger partial charge in [-0.05, 0) is 47.0 Å². The Morgan fingerprint density at radius 3 is 2.47 bits per heavy atom. The molecule has 5 rings (SSSR count). The van der Waals surface area contributed by atoms with Crippen LogP contribution < -0.4 is 5.32 Å². The Morgan fingerprint density at radius 1 is 0.895 bits per heavy atom. The number of pyridine rings is 2. The smallest absolute Gasteiger partial charge is 0.241 e. The van der Waals surface area contributed by atoms with Crippen LogP contribution in [0.4, 0.5) is 19.0 Å². The van der Waals surface area contributed by atoms with Crippen molar-refractivity contribution in [1.82, 2.24) is 14.5 Å². The number of amides is 1. The number of nitrogens with zero attached hydrogens (tertiary/aromatic N) is 3. The van der Waals surface area contributed by atoms with Gasteiger partial charge in [0.15, 0.2) is 9.84 Å². The lowest BCUT2D eigenvalue weighted by Crippen LogP contribution is -2.23. The lowest BCUT2D eigenvalue weighted by molar-refractivity contribution is -0.113. The summed E-state index contributed by atoms with van der Waals surface area (Å²) in [5, 5.41) is 2.08. The van der Waals surface area contributed by atoms with Crippen molar-refractivity contribution < 1.29 is 26.4 Å². The molecule has 0 aliphatic heterocycles. The number of aromatic nitrogens is 3. The number of carbonyl (C=O) groups is 1. The molecule has 0 saturated heterocycles. The second kappa shape index (κ2) is 10.1. The maximum absolute atomic E-state index is 14.9. The number of benzene rings is 2. The van der Waals surface area contributed by atoms with Gasteiger partial charge >= 0.3 is 0 Å². The molecule has 1 N–H and O–H groups in total. The van der Waals surface area contributed by atoms with Crippen LogP contribution in [0.15, 0.2) is 90.2 Å². The predicted molar refractivity (Wildman–Crippen MR) is 136 cm³/mol. The molecule has 3 heterocycles. The third-order valence-corrected chi connectivity index (χ3v) is 7.41. The van der Waals surface area contributed by atoms with Gasteiger partial charge in [-0.25, -0.2) is 27.2 Å². The van der Waals surface area contributed by atoms with Gasteiger partial charge in [0.2, 0.25) is 11.9 Å². The Labute approximate surface area is 215 Å². The van der Waals surface area contributed by atoms with Crippen LogP contribution in [0, 0.1) is 17.6 Å². The molecule has 0 saturated carbocycles. The van der Waals surface area contributed by atoms with E-state index in [4.69, 9.17) is 0 Å².